The van der Waals surface area contributed by atoms with E-state index in [0.717, 1.165) is 0 Å². The molecule has 0 aliphatic carbocycles. The Balaban J connectivity index is 1.54. The molecule has 156 valence electrons. The second kappa shape index (κ2) is 8.27. The van der Waals surface area contributed by atoms with Crippen molar-refractivity contribution in [2.45, 2.75) is 13.0 Å². The van der Waals surface area contributed by atoms with Crippen molar-refractivity contribution in [2.24, 2.45) is 0 Å². The number of nitrogens with one attached hydrogen (secondary N) is 1. The first-order chi connectivity index (χ1) is 14.9. The van der Waals surface area contributed by atoms with Crippen molar-refractivity contribution in [2.75, 3.05) is 0 Å². The topological polar surface area (TPSA) is 103 Å². The SMILES string of the molecule is CC(NC(=O)c1nn(-c2ccc(F)cc2)ccc1=O)c1nc(-c2cccc(F)c2)no1. The highest BCUT2D eigenvalue weighted by atomic mass is 19.1. The minimum Gasteiger partial charge on any atom is -0.339 e. The predicted octanol–water partition coefficient (Wildman–Crippen LogP) is 3.05. The molecule has 8 nitrogen and oxygen atoms in total. The van der Waals surface area contributed by atoms with Crippen LogP contribution < -0.4 is 10.7 Å². The summed E-state index contributed by atoms with van der Waals surface area (Å²) in [5, 5.41) is 10.4. The molecule has 1 atom stereocenters. The highest BCUT2D eigenvalue weighted by molar-refractivity contribution is 5.92. The van der Waals surface area contributed by atoms with Gasteiger partial charge in [-0.25, -0.2) is 13.5 Å². The summed E-state index contributed by atoms with van der Waals surface area (Å²) >= 11 is 0. The minimum absolute atomic E-state index is 0.0717. The fraction of sp³-hybridized carbons (Fsp3) is 0.0952. The average Bonchev–Trinajstić information content (AvgIpc) is 3.25. The standard InChI is InChI=1S/C21H15F2N5O3/c1-12(21-25-19(27-31-21)13-3-2-4-15(23)11-13)24-20(30)18-17(29)9-10-28(26-18)16-7-5-14(22)6-8-16/h2-12H,1H3,(H,24,30). The van der Waals surface area contributed by atoms with E-state index in [1.807, 2.05) is 0 Å². The number of carbonyl (C=O) groups excluding carboxylic acids is 1. The van der Waals surface area contributed by atoms with Crippen LogP contribution in [-0.2, 0) is 0 Å². The second-order valence-corrected chi connectivity index (χ2v) is 6.61. The van der Waals surface area contributed by atoms with Crippen LogP contribution in [0.5, 0.6) is 0 Å². The number of benzene rings is 2. The Bertz CT molecular complexity index is 1300. The first kappa shape index (κ1) is 20.1. The molecular weight excluding hydrogens is 408 g/mol. The lowest BCUT2D eigenvalue weighted by atomic mass is 10.2. The molecule has 0 saturated carbocycles. The number of hydrogen-bond acceptors (Lipinski definition) is 6. The van der Waals surface area contributed by atoms with Crippen molar-refractivity contribution in [3.05, 3.63) is 94.2 Å². The Hall–Kier alpha value is -4.21. The van der Waals surface area contributed by atoms with E-state index < -0.39 is 29.0 Å². The third kappa shape index (κ3) is 4.37. The van der Waals surface area contributed by atoms with Gasteiger partial charge in [-0.15, -0.1) is 0 Å². The fourth-order valence-electron chi connectivity index (χ4n) is 2.79. The summed E-state index contributed by atoms with van der Waals surface area (Å²) in [4.78, 5) is 28.9. The molecule has 2 aromatic carbocycles. The molecule has 2 aromatic heterocycles. The monoisotopic (exact) mass is 423 g/mol. The normalized spacial score (nSPS) is 11.8. The van der Waals surface area contributed by atoms with Crippen molar-refractivity contribution in [3.8, 4) is 17.1 Å². The van der Waals surface area contributed by atoms with Gasteiger partial charge in [-0.2, -0.15) is 10.1 Å². The van der Waals surface area contributed by atoms with Crippen molar-refractivity contribution in [1.29, 1.82) is 0 Å². The van der Waals surface area contributed by atoms with Crippen LogP contribution in [0.15, 0.2) is 70.1 Å². The van der Waals surface area contributed by atoms with Gasteiger partial charge in [0.2, 0.25) is 17.1 Å². The van der Waals surface area contributed by atoms with Gasteiger partial charge in [0.25, 0.3) is 5.91 Å². The van der Waals surface area contributed by atoms with Gasteiger partial charge >= 0.3 is 0 Å². The van der Waals surface area contributed by atoms with Gasteiger partial charge in [0.15, 0.2) is 5.69 Å². The molecule has 4 aromatic rings. The van der Waals surface area contributed by atoms with Gasteiger partial charge in [-0.1, -0.05) is 17.3 Å². The number of hydrogen-bond donors (Lipinski definition) is 1. The summed E-state index contributed by atoms with van der Waals surface area (Å²) in [6.07, 6.45) is 1.37. The van der Waals surface area contributed by atoms with Gasteiger partial charge in [0, 0.05) is 17.8 Å². The molecule has 0 saturated heterocycles. The zero-order valence-electron chi connectivity index (χ0n) is 16.1. The number of carbonyl (C=O) groups is 1. The minimum atomic E-state index is -0.750. The maximum Gasteiger partial charge on any atom is 0.276 e. The van der Waals surface area contributed by atoms with Crippen molar-refractivity contribution in [3.63, 3.8) is 0 Å². The van der Waals surface area contributed by atoms with Crippen molar-refractivity contribution >= 4 is 5.91 Å². The lowest BCUT2D eigenvalue weighted by Gasteiger charge is -2.10. The van der Waals surface area contributed by atoms with Gasteiger partial charge in [-0.3, -0.25) is 9.59 Å². The van der Waals surface area contributed by atoms with E-state index in [9.17, 15) is 18.4 Å². The van der Waals surface area contributed by atoms with Crippen molar-refractivity contribution < 1.29 is 18.1 Å². The van der Waals surface area contributed by atoms with Crippen LogP contribution in [0.2, 0.25) is 0 Å². The molecule has 1 amide bonds. The van der Waals surface area contributed by atoms with Crippen LogP contribution in [0.3, 0.4) is 0 Å². The van der Waals surface area contributed by atoms with E-state index in [1.54, 1.807) is 13.0 Å². The number of rotatable bonds is 5. The lowest BCUT2D eigenvalue weighted by molar-refractivity contribution is 0.0924. The van der Waals surface area contributed by atoms with Crippen LogP contribution in [0, 0.1) is 11.6 Å². The largest absolute Gasteiger partial charge is 0.339 e. The predicted molar refractivity (Wildman–Crippen MR) is 105 cm³/mol. The van der Waals surface area contributed by atoms with E-state index >= 15 is 0 Å². The highest BCUT2D eigenvalue weighted by Crippen LogP contribution is 2.19. The lowest BCUT2D eigenvalue weighted by Crippen LogP contribution is -2.33. The van der Waals surface area contributed by atoms with Gasteiger partial charge < -0.3 is 9.84 Å². The highest BCUT2D eigenvalue weighted by Gasteiger charge is 2.21. The molecule has 0 aliphatic heterocycles. The van der Waals surface area contributed by atoms with Crippen LogP contribution >= 0.6 is 0 Å². The quantitative estimate of drug-likeness (QED) is 0.529. The average molecular weight is 423 g/mol. The van der Waals surface area contributed by atoms with Gasteiger partial charge in [0.1, 0.15) is 17.7 Å². The number of aromatic nitrogens is 4. The first-order valence-corrected chi connectivity index (χ1v) is 9.17. The van der Waals surface area contributed by atoms with Crippen molar-refractivity contribution in [1.82, 2.24) is 25.2 Å². The Morgan fingerprint density at radius 3 is 2.61 bits per heavy atom. The molecule has 1 N–H and O–H groups in total. The molecule has 4 rings (SSSR count). The maximum atomic E-state index is 13.4. The van der Waals surface area contributed by atoms with Crippen LogP contribution in [0.1, 0.15) is 29.3 Å². The van der Waals surface area contributed by atoms with Crippen LogP contribution in [-0.4, -0.2) is 25.8 Å². The van der Waals surface area contributed by atoms with E-state index in [0.29, 0.717) is 11.3 Å². The molecular formula is C21H15F2N5O3. The molecule has 0 radical (unpaired) electrons. The summed E-state index contributed by atoms with van der Waals surface area (Å²) in [6, 6.07) is 11.5. The zero-order valence-corrected chi connectivity index (χ0v) is 16.1. The molecule has 0 spiro atoms. The van der Waals surface area contributed by atoms with Gasteiger partial charge in [-0.05, 0) is 43.3 Å². The van der Waals surface area contributed by atoms with Gasteiger partial charge in [0.05, 0.1) is 5.69 Å². The summed E-state index contributed by atoms with van der Waals surface area (Å²) in [5.74, 6) is -1.39. The Morgan fingerprint density at radius 2 is 1.87 bits per heavy atom. The zero-order chi connectivity index (χ0) is 22.0. The Labute approximate surface area is 174 Å². The van der Waals surface area contributed by atoms with E-state index in [2.05, 4.69) is 20.6 Å². The molecule has 0 aliphatic rings. The number of amides is 1. The fourth-order valence-corrected chi connectivity index (χ4v) is 2.79. The van der Waals surface area contributed by atoms with E-state index in [-0.39, 0.29) is 17.4 Å². The maximum absolute atomic E-state index is 13.4. The molecule has 1 unspecified atom stereocenters. The first-order valence-electron chi connectivity index (χ1n) is 9.17. The molecule has 0 fully saturated rings. The van der Waals surface area contributed by atoms with Crippen LogP contribution in [0.4, 0.5) is 8.78 Å². The molecule has 10 heteroatoms. The van der Waals surface area contributed by atoms with Crippen LogP contribution in [0.25, 0.3) is 17.1 Å². The van der Waals surface area contributed by atoms with E-state index in [1.165, 1.54) is 59.4 Å². The number of halogens is 2. The molecule has 0 bridgehead atoms. The third-order valence-corrected chi connectivity index (χ3v) is 4.36. The summed E-state index contributed by atoms with van der Waals surface area (Å²) in [7, 11) is 0. The Kier molecular flexibility index (Phi) is 5.35. The summed E-state index contributed by atoms with van der Waals surface area (Å²) in [6.45, 7) is 1.59. The summed E-state index contributed by atoms with van der Waals surface area (Å²) < 4.78 is 33.0. The second-order valence-electron chi connectivity index (χ2n) is 6.61. The molecule has 2 heterocycles. The Morgan fingerprint density at radius 1 is 1.10 bits per heavy atom. The number of nitrogens with zero attached hydrogens (tertiary/aromatic N) is 4. The summed E-state index contributed by atoms with van der Waals surface area (Å²) in [5.41, 5.74) is -0.0573. The smallest absolute Gasteiger partial charge is 0.276 e. The molecule has 31 heavy (non-hydrogen) atoms. The van der Waals surface area contributed by atoms with E-state index in [4.69, 9.17) is 4.52 Å². The third-order valence-electron chi connectivity index (χ3n) is 4.36.